The van der Waals surface area contributed by atoms with Gasteiger partial charge in [0.2, 0.25) is 11.8 Å². The zero-order chi connectivity index (χ0) is 14.5. The van der Waals surface area contributed by atoms with Crippen LogP contribution in [0.15, 0.2) is 18.2 Å². The molecule has 1 aliphatic heterocycles. The summed E-state index contributed by atoms with van der Waals surface area (Å²) in [5, 5.41) is 2.72. The quantitative estimate of drug-likeness (QED) is 0.921. The lowest BCUT2D eigenvalue weighted by atomic mass is 10.1. The van der Waals surface area contributed by atoms with E-state index in [0.717, 1.165) is 25.9 Å². The molecule has 0 bridgehead atoms. The molecule has 1 aliphatic rings. The third-order valence-corrected chi connectivity index (χ3v) is 3.65. The van der Waals surface area contributed by atoms with Gasteiger partial charge in [-0.15, -0.1) is 0 Å². The van der Waals surface area contributed by atoms with E-state index in [2.05, 4.69) is 5.32 Å². The van der Waals surface area contributed by atoms with Gasteiger partial charge in [-0.1, -0.05) is 17.7 Å². The van der Waals surface area contributed by atoms with E-state index in [1.54, 1.807) is 4.90 Å². The largest absolute Gasteiger partial charge is 0.347 e. The number of carbonyl (C=O) groups excluding carboxylic acids is 2. The first kappa shape index (κ1) is 14.8. The summed E-state index contributed by atoms with van der Waals surface area (Å²) < 4.78 is 13.5. The van der Waals surface area contributed by atoms with Crippen LogP contribution in [-0.4, -0.2) is 36.3 Å². The second-order valence-corrected chi connectivity index (χ2v) is 5.15. The fraction of sp³-hybridized carbons (Fsp3) is 0.429. The number of halogens is 2. The Labute approximate surface area is 121 Å². The Morgan fingerprint density at radius 1 is 1.30 bits per heavy atom. The molecule has 0 radical (unpaired) electrons. The third kappa shape index (κ3) is 3.70. The van der Waals surface area contributed by atoms with Gasteiger partial charge in [-0.25, -0.2) is 4.39 Å². The molecule has 1 N–H and O–H groups in total. The summed E-state index contributed by atoms with van der Waals surface area (Å²) in [7, 11) is 0. The fourth-order valence-electron chi connectivity index (χ4n) is 2.18. The minimum absolute atomic E-state index is 0.0507. The molecule has 0 saturated carbocycles. The van der Waals surface area contributed by atoms with E-state index in [-0.39, 0.29) is 29.5 Å². The maximum Gasteiger partial charge on any atom is 0.241 e. The van der Waals surface area contributed by atoms with Gasteiger partial charge in [0.05, 0.1) is 13.0 Å². The van der Waals surface area contributed by atoms with Gasteiger partial charge in [0.1, 0.15) is 5.82 Å². The Hall–Kier alpha value is -1.62. The molecule has 1 fully saturated rings. The van der Waals surface area contributed by atoms with Crippen molar-refractivity contribution in [2.75, 3.05) is 19.6 Å². The molecule has 2 rings (SSSR count). The van der Waals surface area contributed by atoms with Gasteiger partial charge < -0.3 is 10.2 Å². The summed E-state index contributed by atoms with van der Waals surface area (Å²) in [6.45, 7) is 1.44. The van der Waals surface area contributed by atoms with Crippen molar-refractivity contribution in [2.45, 2.75) is 19.3 Å². The van der Waals surface area contributed by atoms with Gasteiger partial charge in [0.25, 0.3) is 0 Å². The Bertz CT molecular complexity index is 496. The van der Waals surface area contributed by atoms with E-state index in [9.17, 15) is 14.0 Å². The summed E-state index contributed by atoms with van der Waals surface area (Å²) in [5.74, 6) is -1.03. The SMILES string of the molecule is O=C(Cc1c(F)cccc1Cl)NCC(=O)N1CCCC1. The van der Waals surface area contributed by atoms with Crippen LogP contribution in [0.2, 0.25) is 5.02 Å². The normalized spacial score (nSPS) is 14.4. The van der Waals surface area contributed by atoms with Crippen LogP contribution < -0.4 is 5.32 Å². The maximum atomic E-state index is 13.5. The monoisotopic (exact) mass is 298 g/mol. The van der Waals surface area contributed by atoms with Crippen LogP contribution in [0.25, 0.3) is 0 Å². The molecule has 108 valence electrons. The Kier molecular flexibility index (Phi) is 4.95. The number of rotatable bonds is 4. The zero-order valence-corrected chi connectivity index (χ0v) is 11.8. The number of hydrogen-bond donors (Lipinski definition) is 1. The molecule has 0 aromatic heterocycles. The molecule has 1 aromatic rings. The maximum absolute atomic E-state index is 13.5. The molecular formula is C14H16ClFN2O2. The second kappa shape index (κ2) is 6.70. The lowest BCUT2D eigenvalue weighted by Gasteiger charge is -2.15. The average Bonchev–Trinajstić information content (AvgIpc) is 2.94. The standard InChI is InChI=1S/C14H16ClFN2O2/c15-11-4-3-5-12(16)10(11)8-13(19)17-9-14(20)18-6-1-2-7-18/h3-5H,1-2,6-9H2,(H,17,19). The van der Waals surface area contributed by atoms with Crippen molar-refractivity contribution >= 4 is 23.4 Å². The van der Waals surface area contributed by atoms with Gasteiger partial charge in [-0.05, 0) is 25.0 Å². The summed E-state index contributed by atoms with van der Waals surface area (Å²) in [6, 6.07) is 4.27. The van der Waals surface area contributed by atoms with Crippen molar-refractivity contribution in [1.82, 2.24) is 10.2 Å². The highest BCUT2D eigenvalue weighted by atomic mass is 35.5. The van der Waals surface area contributed by atoms with Crippen molar-refractivity contribution in [1.29, 1.82) is 0 Å². The molecule has 1 heterocycles. The number of carbonyl (C=O) groups is 2. The van der Waals surface area contributed by atoms with Crippen LogP contribution in [0.3, 0.4) is 0 Å². The van der Waals surface area contributed by atoms with Crippen molar-refractivity contribution in [3.8, 4) is 0 Å². The third-order valence-electron chi connectivity index (χ3n) is 3.29. The first-order valence-corrected chi connectivity index (χ1v) is 6.93. The van der Waals surface area contributed by atoms with Crippen LogP contribution in [0.4, 0.5) is 4.39 Å². The molecule has 0 unspecified atom stereocenters. The van der Waals surface area contributed by atoms with Crippen molar-refractivity contribution in [3.05, 3.63) is 34.6 Å². The van der Waals surface area contributed by atoms with Crippen molar-refractivity contribution in [3.63, 3.8) is 0 Å². The van der Waals surface area contributed by atoms with Gasteiger partial charge in [0, 0.05) is 23.7 Å². The molecular weight excluding hydrogens is 283 g/mol. The first-order chi connectivity index (χ1) is 9.58. The van der Waals surface area contributed by atoms with Crippen molar-refractivity contribution < 1.29 is 14.0 Å². The predicted octanol–water partition coefficient (Wildman–Crippen LogP) is 1.76. The molecule has 1 saturated heterocycles. The van der Waals surface area contributed by atoms with Gasteiger partial charge >= 0.3 is 0 Å². The zero-order valence-electron chi connectivity index (χ0n) is 11.0. The Morgan fingerprint density at radius 3 is 2.65 bits per heavy atom. The molecule has 0 spiro atoms. The Morgan fingerprint density at radius 2 is 2.00 bits per heavy atom. The van der Waals surface area contributed by atoms with E-state index >= 15 is 0 Å². The van der Waals surface area contributed by atoms with Gasteiger partial charge in [0.15, 0.2) is 0 Å². The van der Waals surface area contributed by atoms with E-state index in [0.29, 0.717) is 0 Å². The van der Waals surface area contributed by atoms with E-state index < -0.39 is 11.7 Å². The first-order valence-electron chi connectivity index (χ1n) is 6.55. The van der Waals surface area contributed by atoms with E-state index in [4.69, 9.17) is 11.6 Å². The summed E-state index contributed by atoms with van der Waals surface area (Å²) in [6.07, 6.45) is 1.84. The molecule has 2 amide bonds. The number of likely N-dealkylation sites (tertiary alicyclic amines) is 1. The highest BCUT2D eigenvalue weighted by Gasteiger charge is 2.18. The van der Waals surface area contributed by atoms with E-state index in [1.165, 1.54) is 18.2 Å². The molecule has 0 aliphatic carbocycles. The van der Waals surface area contributed by atoms with Crippen LogP contribution in [0, 0.1) is 5.82 Å². The van der Waals surface area contributed by atoms with Crippen LogP contribution in [0.1, 0.15) is 18.4 Å². The molecule has 0 atom stereocenters. The molecule has 20 heavy (non-hydrogen) atoms. The summed E-state index contributed by atoms with van der Waals surface area (Å²) in [5.41, 5.74) is 0.153. The fourth-order valence-corrected chi connectivity index (χ4v) is 2.41. The topological polar surface area (TPSA) is 49.4 Å². The minimum atomic E-state index is -0.515. The van der Waals surface area contributed by atoms with E-state index in [1.807, 2.05) is 0 Å². The lowest BCUT2D eigenvalue weighted by Crippen LogP contribution is -2.39. The smallest absolute Gasteiger partial charge is 0.241 e. The number of amides is 2. The molecule has 6 heteroatoms. The highest BCUT2D eigenvalue weighted by molar-refractivity contribution is 6.31. The van der Waals surface area contributed by atoms with Gasteiger partial charge in [-0.2, -0.15) is 0 Å². The second-order valence-electron chi connectivity index (χ2n) is 4.74. The lowest BCUT2D eigenvalue weighted by molar-refractivity contribution is -0.131. The molecule has 4 nitrogen and oxygen atoms in total. The molecule has 1 aromatic carbocycles. The summed E-state index contributed by atoms with van der Waals surface area (Å²) in [4.78, 5) is 25.2. The van der Waals surface area contributed by atoms with Crippen LogP contribution >= 0.6 is 11.6 Å². The Balaban J connectivity index is 1.85. The average molecular weight is 299 g/mol. The number of nitrogens with zero attached hydrogens (tertiary/aromatic N) is 1. The van der Waals surface area contributed by atoms with Crippen molar-refractivity contribution in [2.24, 2.45) is 0 Å². The number of nitrogens with one attached hydrogen (secondary N) is 1. The minimum Gasteiger partial charge on any atom is -0.347 e. The highest BCUT2D eigenvalue weighted by Crippen LogP contribution is 2.19. The number of hydrogen-bond acceptors (Lipinski definition) is 2. The van der Waals surface area contributed by atoms with Gasteiger partial charge in [-0.3, -0.25) is 9.59 Å². The summed E-state index contributed by atoms with van der Waals surface area (Å²) >= 11 is 5.84. The van der Waals surface area contributed by atoms with Crippen LogP contribution in [0.5, 0.6) is 0 Å². The number of benzene rings is 1. The van der Waals surface area contributed by atoms with Crippen LogP contribution in [-0.2, 0) is 16.0 Å². The predicted molar refractivity (Wildman–Crippen MR) is 73.9 cm³/mol.